The maximum atomic E-state index is 12.5. The molecule has 1 aromatic rings. The van der Waals surface area contributed by atoms with Gasteiger partial charge in [0, 0.05) is 29.6 Å². The number of nitrogens with zero attached hydrogens (tertiary/aromatic N) is 2. The first-order chi connectivity index (χ1) is 8.81. The summed E-state index contributed by atoms with van der Waals surface area (Å²) >= 11 is 3.33. The summed E-state index contributed by atoms with van der Waals surface area (Å²) in [5, 5.41) is 9.84. The number of amides is 1. The highest BCUT2D eigenvalue weighted by Crippen LogP contribution is 2.26. The summed E-state index contributed by atoms with van der Waals surface area (Å²) in [5.41, 5.74) is 0.310. The Morgan fingerprint density at radius 2 is 2.05 bits per heavy atom. The van der Waals surface area contributed by atoms with Gasteiger partial charge in [0.15, 0.2) is 0 Å². The molecule has 0 radical (unpaired) electrons. The number of rotatable bonds is 1. The van der Waals surface area contributed by atoms with Gasteiger partial charge in [-0.1, -0.05) is 15.9 Å². The van der Waals surface area contributed by atoms with Gasteiger partial charge in [-0.3, -0.25) is 9.69 Å². The van der Waals surface area contributed by atoms with Crippen molar-refractivity contribution in [2.45, 2.75) is 19.4 Å². The number of aromatic hydroxyl groups is 1. The molecular weight excluding hydrogens is 308 g/mol. The maximum Gasteiger partial charge on any atom is 0.257 e. The Morgan fingerprint density at radius 3 is 2.68 bits per heavy atom. The number of hydrogen-bond acceptors (Lipinski definition) is 3. The largest absolute Gasteiger partial charge is 0.507 e. The third-order valence-electron chi connectivity index (χ3n) is 3.79. The summed E-state index contributed by atoms with van der Waals surface area (Å²) in [6.07, 6.45) is 0. The predicted octanol–water partition coefficient (Wildman–Crippen LogP) is 2.32. The highest BCUT2D eigenvalue weighted by Gasteiger charge is 2.34. The molecule has 104 valence electrons. The number of phenolic OH excluding ortho intramolecular Hbond substituents is 1. The molecule has 1 aliphatic heterocycles. The number of likely N-dealkylation sites (N-methyl/N-ethyl adjacent to an activating group) is 1. The lowest BCUT2D eigenvalue weighted by Crippen LogP contribution is -2.58. The molecule has 0 atom stereocenters. The lowest BCUT2D eigenvalue weighted by atomic mass is 9.99. The van der Waals surface area contributed by atoms with E-state index in [-0.39, 0.29) is 17.2 Å². The van der Waals surface area contributed by atoms with Crippen molar-refractivity contribution in [3.63, 3.8) is 0 Å². The van der Waals surface area contributed by atoms with Crippen LogP contribution < -0.4 is 0 Å². The fraction of sp³-hybridized carbons (Fsp3) is 0.500. The molecular formula is C14H19BrN2O2. The molecule has 19 heavy (non-hydrogen) atoms. The van der Waals surface area contributed by atoms with Gasteiger partial charge in [-0.2, -0.15) is 0 Å². The van der Waals surface area contributed by atoms with E-state index in [4.69, 9.17) is 0 Å². The highest BCUT2D eigenvalue weighted by atomic mass is 79.9. The standard InChI is InChI=1S/C14H19BrN2O2/c1-14(2)9-17(7-6-16(14)3)13(19)11-8-10(15)4-5-12(11)18/h4-5,8,18H,6-7,9H2,1-3H3. The van der Waals surface area contributed by atoms with Crippen LogP contribution in [0.2, 0.25) is 0 Å². The van der Waals surface area contributed by atoms with E-state index in [1.165, 1.54) is 0 Å². The summed E-state index contributed by atoms with van der Waals surface area (Å²) < 4.78 is 0.794. The van der Waals surface area contributed by atoms with Crippen LogP contribution in [-0.2, 0) is 0 Å². The first-order valence-corrected chi connectivity index (χ1v) is 7.09. The molecule has 0 aliphatic carbocycles. The van der Waals surface area contributed by atoms with Crippen LogP contribution in [0.15, 0.2) is 22.7 Å². The molecule has 2 rings (SSSR count). The van der Waals surface area contributed by atoms with Crippen molar-refractivity contribution < 1.29 is 9.90 Å². The second-order valence-electron chi connectivity index (χ2n) is 5.62. The van der Waals surface area contributed by atoms with Crippen LogP contribution in [0.4, 0.5) is 0 Å². The molecule has 1 amide bonds. The molecule has 1 saturated heterocycles. The van der Waals surface area contributed by atoms with Crippen molar-refractivity contribution >= 4 is 21.8 Å². The van der Waals surface area contributed by atoms with E-state index < -0.39 is 0 Å². The molecule has 1 fully saturated rings. The van der Waals surface area contributed by atoms with Gasteiger partial charge in [-0.05, 0) is 39.1 Å². The summed E-state index contributed by atoms with van der Waals surface area (Å²) in [5.74, 6) is -0.0788. The van der Waals surface area contributed by atoms with E-state index in [9.17, 15) is 9.90 Å². The zero-order valence-electron chi connectivity index (χ0n) is 11.5. The van der Waals surface area contributed by atoms with E-state index in [0.29, 0.717) is 18.7 Å². The maximum absolute atomic E-state index is 12.5. The van der Waals surface area contributed by atoms with Gasteiger partial charge in [0.1, 0.15) is 5.75 Å². The van der Waals surface area contributed by atoms with Crippen molar-refractivity contribution in [3.05, 3.63) is 28.2 Å². The third kappa shape index (κ3) is 2.92. The van der Waals surface area contributed by atoms with E-state index in [0.717, 1.165) is 11.0 Å². The van der Waals surface area contributed by atoms with Gasteiger partial charge in [0.25, 0.3) is 5.91 Å². The van der Waals surface area contributed by atoms with Crippen molar-refractivity contribution in [3.8, 4) is 5.75 Å². The minimum atomic E-state index is -0.111. The Morgan fingerprint density at radius 1 is 1.37 bits per heavy atom. The fourth-order valence-corrected chi connectivity index (χ4v) is 2.62. The monoisotopic (exact) mass is 326 g/mol. The minimum Gasteiger partial charge on any atom is -0.507 e. The molecule has 4 nitrogen and oxygen atoms in total. The van der Waals surface area contributed by atoms with Crippen LogP contribution in [0.3, 0.4) is 0 Å². The zero-order valence-corrected chi connectivity index (χ0v) is 13.1. The first-order valence-electron chi connectivity index (χ1n) is 6.30. The molecule has 0 unspecified atom stereocenters. The molecule has 1 aliphatic rings. The van der Waals surface area contributed by atoms with Crippen molar-refractivity contribution in [1.29, 1.82) is 0 Å². The lowest BCUT2D eigenvalue weighted by Gasteiger charge is -2.45. The molecule has 1 N–H and O–H groups in total. The van der Waals surface area contributed by atoms with E-state index >= 15 is 0 Å². The van der Waals surface area contributed by atoms with E-state index in [1.807, 2.05) is 4.90 Å². The Kier molecular flexibility index (Phi) is 3.87. The molecule has 5 heteroatoms. The van der Waals surface area contributed by atoms with Crippen LogP contribution in [0.5, 0.6) is 5.75 Å². The summed E-state index contributed by atoms with van der Waals surface area (Å²) in [7, 11) is 2.07. The highest BCUT2D eigenvalue weighted by molar-refractivity contribution is 9.10. The zero-order chi connectivity index (χ0) is 14.2. The molecule has 1 aromatic carbocycles. The van der Waals surface area contributed by atoms with Crippen LogP contribution in [0.1, 0.15) is 24.2 Å². The number of halogens is 1. The molecule has 0 aromatic heterocycles. The SMILES string of the molecule is CN1CCN(C(=O)c2cc(Br)ccc2O)CC1(C)C. The van der Waals surface area contributed by atoms with Gasteiger partial charge < -0.3 is 10.0 Å². The summed E-state index contributed by atoms with van der Waals surface area (Å²) in [6, 6.07) is 4.93. The van der Waals surface area contributed by atoms with Crippen LogP contribution in [0.25, 0.3) is 0 Å². The average Bonchev–Trinajstić information content (AvgIpc) is 2.35. The second kappa shape index (κ2) is 5.13. The number of hydrogen-bond donors (Lipinski definition) is 1. The Hall–Kier alpha value is -1.07. The Bertz CT molecular complexity index is 502. The van der Waals surface area contributed by atoms with Gasteiger partial charge in [0.2, 0.25) is 0 Å². The fourth-order valence-electron chi connectivity index (χ4n) is 2.26. The summed E-state index contributed by atoms with van der Waals surface area (Å²) in [4.78, 5) is 16.5. The van der Waals surface area contributed by atoms with Crippen LogP contribution >= 0.6 is 15.9 Å². The van der Waals surface area contributed by atoms with Gasteiger partial charge in [-0.15, -0.1) is 0 Å². The van der Waals surface area contributed by atoms with Crippen molar-refractivity contribution in [2.75, 3.05) is 26.7 Å². The smallest absolute Gasteiger partial charge is 0.257 e. The van der Waals surface area contributed by atoms with E-state index in [1.54, 1.807) is 18.2 Å². The number of piperazine rings is 1. The Balaban J connectivity index is 2.23. The summed E-state index contributed by atoms with van der Waals surface area (Å²) in [6.45, 7) is 6.42. The number of carbonyl (C=O) groups is 1. The number of benzene rings is 1. The molecule has 0 saturated carbocycles. The Labute approximate surface area is 122 Å². The molecule has 0 bridgehead atoms. The van der Waals surface area contributed by atoms with Crippen LogP contribution in [-0.4, -0.2) is 53.0 Å². The second-order valence-corrected chi connectivity index (χ2v) is 6.54. The third-order valence-corrected chi connectivity index (χ3v) is 4.29. The van der Waals surface area contributed by atoms with Gasteiger partial charge >= 0.3 is 0 Å². The van der Waals surface area contributed by atoms with Gasteiger partial charge in [-0.25, -0.2) is 0 Å². The lowest BCUT2D eigenvalue weighted by molar-refractivity contribution is 0.0309. The van der Waals surface area contributed by atoms with E-state index in [2.05, 4.69) is 41.7 Å². The van der Waals surface area contributed by atoms with Crippen LogP contribution in [0, 0.1) is 0 Å². The minimum absolute atomic E-state index is 0.0323. The van der Waals surface area contributed by atoms with Crippen molar-refractivity contribution in [1.82, 2.24) is 9.80 Å². The normalized spacial score (nSPS) is 19.5. The van der Waals surface area contributed by atoms with Crippen molar-refractivity contribution in [2.24, 2.45) is 0 Å². The van der Waals surface area contributed by atoms with Gasteiger partial charge in [0.05, 0.1) is 5.56 Å². The topological polar surface area (TPSA) is 43.8 Å². The number of carbonyl (C=O) groups excluding carboxylic acids is 1. The molecule has 1 heterocycles. The molecule has 0 spiro atoms. The number of phenols is 1. The first kappa shape index (κ1) is 14.3. The average molecular weight is 327 g/mol. The predicted molar refractivity (Wildman–Crippen MR) is 78.4 cm³/mol. The quantitative estimate of drug-likeness (QED) is 0.861.